The Morgan fingerprint density at radius 1 is 1.41 bits per heavy atom. The molecule has 0 saturated carbocycles. The average molecular weight is 408 g/mol. The molecule has 0 radical (unpaired) electrons. The molecule has 9 heteroatoms. The molecular weight excluding hydrogens is 386 g/mol. The number of aromatic nitrogens is 2. The Morgan fingerprint density at radius 3 is 2.93 bits per heavy atom. The third-order valence-electron chi connectivity index (χ3n) is 4.10. The number of nitrogens with zero attached hydrogens (tertiary/aromatic N) is 1. The second kappa shape index (κ2) is 8.75. The van der Waals surface area contributed by atoms with E-state index in [2.05, 4.69) is 28.3 Å². The van der Waals surface area contributed by atoms with Gasteiger partial charge in [-0.15, -0.1) is 22.7 Å². The quantitative estimate of drug-likeness (QED) is 0.440. The molecule has 0 saturated heterocycles. The Bertz CT molecular complexity index is 979. The molecule has 3 heterocycles. The van der Waals surface area contributed by atoms with Gasteiger partial charge < -0.3 is 19.8 Å². The fourth-order valence-electron chi connectivity index (χ4n) is 2.64. The van der Waals surface area contributed by atoms with Crippen LogP contribution in [0, 0.1) is 6.92 Å². The molecule has 144 valence electrons. The summed E-state index contributed by atoms with van der Waals surface area (Å²) < 4.78 is 10.0. The van der Waals surface area contributed by atoms with E-state index in [9.17, 15) is 9.59 Å². The summed E-state index contributed by atoms with van der Waals surface area (Å²) in [4.78, 5) is 34.2. The van der Waals surface area contributed by atoms with Gasteiger partial charge in [-0.3, -0.25) is 4.79 Å². The topological polar surface area (TPSA) is 93.3 Å². The fourth-order valence-corrected chi connectivity index (χ4v) is 4.49. The van der Waals surface area contributed by atoms with Crippen molar-refractivity contribution in [3.05, 3.63) is 49.0 Å². The first kappa shape index (κ1) is 19.7. The fraction of sp³-hybridized carbons (Fsp3) is 0.389. The predicted octanol–water partition coefficient (Wildman–Crippen LogP) is 3.01. The minimum atomic E-state index is -0.460. The van der Waals surface area contributed by atoms with E-state index >= 15 is 0 Å². The summed E-state index contributed by atoms with van der Waals surface area (Å²) in [6.07, 6.45) is 0. The molecule has 0 unspecified atom stereocenters. The van der Waals surface area contributed by atoms with Crippen LogP contribution in [0.15, 0.2) is 22.3 Å². The molecule has 0 aliphatic heterocycles. The van der Waals surface area contributed by atoms with Gasteiger partial charge in [0.05, 0.1) is 18.5 Å². The molecule has 3 aromatic heterocycles. The molecule has 0 bridgehead atoms. The summed E-state index contributed by atoms with van der Waals surface area (Å²) in [5, 5.41) is 5.82. The molecule has 3 rings (SSSR count). The van der Waals surface area contributed by atoms with Gasteiger partial charge in [0.1, 0.15) is 22.1 Å². The van der Waals surface area contributed by atoms with Crippen molar-refractivity contribution in [3.8, 4) is 0 Å². The highest BCUT2D eigenvalue weighted by Crippen LogP contribution is 2.27. The Kier molecular flexibility index (Phi) is 6.38. The monoisotopic (exact) mass is 407 g/mol. The molecule has 0 aliphatic carbocycles. The Balaban J connectivity index is 1.79. The smallest absolute Gasteiger partial charge is 0.348 e. The number of H-pyrrole nitrogens is 1. The molecule has 2 N–H and O–H groups in total. The summed E-state index contributed by atoms with van der Waals surface area (Å²) in [6.45, 7) is 4.72. The summed E-state index contributed by atoms with van der Waals surface area (Å²) >= 11 is 2.85. The van der Waals surface area contributed by atoms with Crippen LogP contribution >= 0.6 is 22.7 Å². The van der Waals surface area contributed by atoms with Gasteiger partial charge in [0, 0.05) is 18.0 Å². The Morgan fingerprint density at radius 2 is 2.22 bits per heavy atom. The molecule has 1 atom stereocenters. The highest BCUT2D eigenvalue weighted by molar-refractivity contribution is 7.20. The average Bonchev–Trinajstić information content (AvgIpc) is 3.28. The molecule has 0 spiro atoms. The lowest BCUT2D eigenvalue weighted by molar-refractivity contribution is 0.0393. The highest BCUT2D eigenvalue weighted by Gasteiger charge is 2.20. The second-order valence-corrected chi connectivity index (χ2v) is 7.97. The molecule has 0 aliphatic rings. The van der Waals surface area contributed by atoms with Crippen molar-refractivity contribution >= 4 is 38.9 Å². The van der Waals surface area contributed by atoms with Crippen molar-refractivity contribution in [1.29, 1.82) is 0 Å². The largest absolute Gasteiger partial charge is 0.459 e. The number of aryl methyl sites for hydroxylation is 1. The third-order valence-corrected chi connectivity index (χ3v) is 6.32. The van der Waals surface area contributed by atoms with Crippen LogP contribution in [-0.2, 0) is 16.0 Å². The zero-order chi connectivity index (χ0) is 19.4. The molecule has 0 fully saturated rings. The van der Waals surface area contributed by atoms with Crippen LogP contribution in [0.3, 0.4) is 0 Å². The van der Waals surface area contributed by atoms with Crippen LogP contribution in [0.2, 0.25) is 0 Å². The van der Waals surface area contributed by atoms with E-state index in [1.807, 2.05) is 11.4 Å². The predicted molar refractivity (Wildman–Crippen MR) is 107 cm³/mol. The molecular formula is C18H21N3O4S2. The number of rotatable bonds is 8. The molecule has 0 aromatic carbocycles. The lowest BCUT2D eigenvalue weighted by atomic mass is 10.2. The van der Waals surface area contributed by atoms with Crippen molar-refractivity contribution in [3.63, 3.8) is 0 Å². The van der Waals surface area contributed by atoms with E-state index in [0.29, 0.717) is 39.6 Å². The van der Waals surface area contributed by atoms with Gasteiger partial charge in [-0.2, -0.15) is 0 Å². The molecule has 27 heavy (non-hydrogen) atoms. The van der Waals surface area contributed by atoms with Gasteiger partial charge in [-0.25, -0.2) is 9.78 Å². The van der Waals surface area contributed by atoms with E-state index in [4.69, 9.17) is 9.47 Å². The third kappa shape index (κ3) is 4.44. The first-order valence-corrected chi connectivity index (χ1v) is 10.2. The number of aromatic amines is 1. The number of ether oxygens (including phenoxy) is 2. The number of esters is 1. The van der Waals surface area contributed by atoms with Gasteiger partial charge >= 0.3 is 5.97 Å². The van der Waals surface area contributed by atoms with Crippen molar-refractivity contribution in [2.24, 2.45) is 0 Å². The normalized spacial score (nSPS) is 12.4. The Labute approximate surface area is 164 Å². The summed E-state index contributed by atoms with van der Waals surface area (Å²) in [5.74, 6) is 0.0781. The van der Waals surface area contributed by atoms with E-state index in [0.717, 1.165) is 0 Å². The van der Waals surface area contributed by atoms with Crippen molar-refractivity contribution in [2.75, 3.05) is 20.3 Å². The number of carbonyl (C=O) groups excluding carboxylic acids is 1. The van der Waals surface area contributed by atoms with Gasteiger partial charge in [-0.05, 0) is 30.9 Å². The van der Waals surface area contributed by atoms with Crippen LogP contribution in [0.5, 0.6) is 0 Å². The minimum Gasteiger partial charge on any atom is -0.459 e. The van der Waals surface area contributed by atoms with Crippen LogP contribution < -0.4 is 10.9 Å². The van der Waals surface area contributed by atoms with Crippen molar-refractivity contribution in [2.45, 2.75) is 26.4 Å². The number of carbonyl (C=O) groups is 1. The molecule has 7 nitrogen and oxygen atoms in total. The van der Waals surface area contributed by atoms with Crippen molar-refractivity contribution < 1.29 is 14.3 Å². The SMILES string of the molecule is COCCOC(=O)c1sc2nc(CN[C@H](C)c3cccs3)[nH]c(=O)c2c1C. The van der Waals surface area contributed by atoms with E-state index in [1.165, 1.54) is 23.3 Å². The lowest BCUT2D eigenvalue weighted by Gasteiger charge is -2.11. The maximum absolute atomic E-state index is 12.5. The first-order valence-electron chi connectivity index (χ1n) is 8.46. The van der Waals surface area contributed by atoms with Crippen LogP contribution in [-0.4, -0.2) is 36.3 Å². The van der Waals surface area contributed by atoms with Gasteiger partial charge in [0.25, 0.3) is 5.56 Å². The van der Waals surface area contributed by atoms with Crippen LogP contribution in [0.25, 0.3) is 10.2 Å². The van der Waals surface area contributed by atoms with Gasteiger partial charge in [0.2, 0.25) is 0 Å². The number of thiophene rings is 2. The molecule has 0 amide bonds. The molecule has 3 aromatic rings. The highest BCUT2D eigenvalue weighted by atomic mass is 32.1. The number of fused-ring (bicyclic) bond motifs is 1. The maximum atomic E-state index is 12.5. The minimum absolute atomic E-state index is 0.155. The number of nitrogens with one attached hydrogen (secondary N) is 2. The number of hydrogen-bond donors (Lipinski definition) is 2. The van der Waals surface area contributed by atoms with Gasteiger partial charge in [0.15, 0.2) is 0 Å². The summed E-state index contributed by atoms with van der Waals surface area (Å²) in [5.41, 5.74) is 0.350. The summed E-state index contributed by atoms with van der Waals surface area (Å²) in [7, 11) is 1.54. The number of hydrogen-bond acceptors (Lipinski definition) is 8. The maximum Gasteiger partial charge on any atom is 0.348 e. The zero-order valence-electron chi connectivity index (χ0n) is 15.3. The zero-order valence-corrected chi connectivity index (χ0v) is 17.0. The van der Waals surface area contributed by atoms with E-state index in [1.54, 1.807) is 18.3 Å². The van der Waals surface area contributed by atoms with E-state index in [-0.39, 0.29) is 18.2 Å². The van der Waals surface area contributed by atoms with Gasteiger partial charge in [-0.1, -0.05) is 6.07 Å². The Hall–Kier alpha value is -2.07. The standard InChI is InChI=1S/C18H21N3O4S2/c1-10-14-16(22)20-13(9-19-11(2)12-5-4-8-26-12)21-17(14)27-15(10)18(23)25-7-6-24-3/h4-5,8,11,19H,6-7,9H2,1-3H3,(H,20,21,22)/t11-/m1/s1. The van der Waals surface area contributed by atoms with Crippen LogP contribution in [0.1, 0.15) is 38.9 Å². The van der Waals surface area contributed by atoms with Crippen molar-refractivity contribution in [1.82, 2.24) is 15.3 Å². The lowest BCUT2D eigenvalue weighted by Crippen LogP contribution is -2.21. The second-order valence-electron chi connectivity index (χ2n) is 6.00. The summed E-state index contributed by atoms with van der Waals surface area (Å²) in [6, 6.07) is 4.22. The van der Waals surface area contributed by atoms with E-state index < -0.39 is 5.97 Å². The van der Waals surface area contributed by atoms with Crippen LogP contribution in [0.4, 0.5) is 0 Å². The number of methoxy groups -OCH3 is 1. The first-order chi connectivity index (χ1) is 13.0.